The van der Waals surface area contributed by atoms with E-state index in [-0.39, 0.29) is 29.3 Å². The summed E-state index contributed by atoms with van der Waals surface area (Å²) in [5.41, 5.74) is 4.75. The highest BCUT2D eigenvalue weighted by Crippen LogP contribution is 2.47. The number of benzene rings is 3. The maximum atomic E-state index is 13.8. The molecule has 5 heteroatoms. The summed E-state index contributed by atoms with van der Waals surface area (Å²) in [5, 5.41) is 3.52. The Balaban J connectivity index is 1.72. The molecule has 1 N–H and O–H groups in total. The molecule has 2 unspecified atom stereocenters. The van der Waals surface area contributed by atoms with Crippen molar-refractivity contribution in [1.29, 1.82) is 0 Å². The van der Waals surface area contributed by atoms with E-state index in [0.29, 0.717) is 29.7 Å². The number of nitrogens with one attached hydrogen (secondary N) is 1. The first kappa shape index (κ1) is 22.1. The van der Waals surface area contributed by atoms with E-state index in [2.05, 4.69) is 17.4 Å². The number of hydrogen-bond acceptors (Lipinski definition) is 3. The summed E-state index contributed by atoms with van der Waals surface area (Å²) in [6.45, 7) is 3.71. The summed E-state index contributed by atoms with van der Waals surface area (Å²) in [6.07, 6.45) is 1.02. The molecule has 1 heterocycles. The quantitative estimate of drug-likeness (QED) is 0.499. The largest absolute Gasteiger partial charge is 0.357 e. The van der Waals surface area contributed by atoms with Crippen molar-refractivity contribution in [2.24, 2.45) is 5.92 Å². The number of carbonyl (C=O) groups is 2. The molecular weight excluding hydrogens is 427 g/mol. The van der Waals surface area contributed by atoms with Crippen LogP contribution in [0.25, 0.3) is 0 Å². The van der Waals surface area contributed by atoms with Gasteiger partial charge < -0.3 is 5.32 Å². The second kappa shape index (κ2) is 8.90. The average Bonchev–Trinajstić information content (AvgIpc) is 2.99. The minimum absolute atomic E-state index is 0.00582. The van der Waals surface area contributed by atoms with Gasteiger partial charge in [0, 0.05) is 23.6 Å². The standard InChI is InChI=1S/C29H27FN2O2/c1-18(2)29(34)32-25-11-7-6-10-23(25)31-24-16-21(19-8-4-3-5-9-19)17-26(33)27(24)28(32)20-12-14-22(30)15-13-20/h3-15,18,21,28,31H,16-17H2,1-2H3. The van der Waals surface area contributed by atoms with Crippen LogP contribution < -0.4 is 10.2 Å². The predicted octanol–water partition coefficient (Wildman–Crippen LogP) is 6.38. The summed E-state index contributed by atoms with van der Waals surface area (Å²) < 4.78 is 13.8. The molecule has 0 spiro atoms. The zero-order valence-electron chi connectivity index (χ0n) is 19.3. The van der Waals surface area contributed by atoms with E-state index in [9.17, 15) is 14.0 Å². The number of halogens is 1. The molecule has 1 aliphatic heterocycles. The number of Topliss-reactive ketones (excluding diaryl/α,β-unsaturated/α-hetero) is 1. The number of carbonyl (C=O) groups excluding carboxylic acids is 2. The van der Waals surface area contributed by atoms with Crippen LogP contribution in [0.1, 0.15) is 49.8 Å². The lowest BCUT2D eigenvalue weighted by Crippen LogP contribution is -2.40. The molecule has 0 saturated heterocycles. The zero-order valence-corrected chi connectivity index (χ0v) is 19.3. The number of para-hydroxylation sites is 2. The van der Waals surface area contributed by atoms with Crippen LogP contribution in [0.2, 0.25) is 0 Å². The van der Waals surface area contributed by atoms with Gasteiger partial charge in [-0.1, -0.05) is 68.4 Å². The molecule has 0 saturated carbocycles. The Labute approximate surface area is 199 Å². The van der Waals surface area contributed by atoms with Crippen molar-refractivity contribution >= 4 is 23.1 Å². The topological polar surface area (TPSA) is 49.4 Å². The number of allylic oxidation sites excluding steroid dienone is 1. The van der Waals surface area contributed by atoms with Crippen LogP contribution in [0.3, 0.4) is 0 Å². The van der Waals surface area contributed by atoms with Crippen molar-refractivity contribution in [2.75, 3.05) is 10.2 Å². The number of nitrogens with zero attached hydrogens (tertiary/aromatic N) is 1. The Kier molecular flexibility index (Phi) is 5.78. The molecule has 5 rings (SSSR count). The van der Waals surface area contributed by atoms with Crippen molar-refractivity contribution in [3.8, 4) is 0 Å². The summed E-state index contributed by atoms with van der Waals surface area (Å²) in [4.78, 5) is 29.1. The molecule has 0 radical (unpaired) electrons. The van der Waals surface area contributed by atoms with E-state index < -0.39 is 6.04 Å². The fraction of sp³-hybridized carbons (Fsp3) is 0.241. The molecular formula is C29H27FN2O2. The van der Waals surface area contributed by atoms with E-state index in [1.54, 1.807) is 17.0 Å². The number of hydrogen-bond donors (Lipinski definition) is 1. The third kappa shape index (κ3) is 3.92. The zero-order chi connectivity index (χ0) is 23.8. The normalized spacial score (nSPS) is 19.9. The third-order valence-corrected chi connectivity index (χ3v) is 6.68. The van der Waals surface area contributed by atoms with Gasteiger partial charge in [0.15, 0.2) is 5.78 Å². The smallest absolute Gasteiger partial charge is 0.230 e. The van der Waals surface area contributed by atoms with Gasteiger partial charge in [0.25, 0.3) is 0 Å². The molecule has 0 aromatic heterocycles. The van der Waals surface area contributed by atoms with Crippen molar-refractivity contribution in [3.63, 3.8) is 0 Å². The summed E-state index contributed by atoms with van der Waals surface area (Å²) >= 11 is 0. The van der Waals surface area contributed by atoms with Crippen molar-refractivity contribution < 1.29 is 14.0 Å². The number of amides is 1. The Bertz CT molecular complexity index is 1260. The van der Waals surface area contributed by atoms with Gasteiger partial charge >= 0.3 is 0 Å². The average molecular weight is 455 g/mol. The third-order valence-electron chi connectivity index (χ3n) is 6.68. The first-order chi connectivity index (χ1) is 16.4. The first-order valence-corrected chi connectivity index (χ1v) is 11.7. The fourth-order valence-corrected chi connectivity index (χ4v) is 5.03. The lowest BCUT2D eigenvalue weighted by atomic mass is 9.78. The minimum atomic E-state index is -0.633. The van der Waals surface area contributed by atoms with Gasteiger partial charge in [-0.25, -0.2) is 4.39 Å². The SMILES string of the molecule is CC(C)C(=O)N1c2ccccc2NC2=C(C(=O)CC(c3ccccc3)C2)C1c1ccc(F)cc1. The molecule has 0 fully saturated rings. The van der Waals surface area contributed by atoms with Crippen LogP contribution in [0.5, 0.6) is 0 Å². The van der Waals surface area contributed by atoms with Crippen LogP contribution in [0, 0.1) is 11.7 Å². The fourth-order valence-electron chi connectivity index (χ4n) is 5.03. The molecule has 2 aliphatic rings. The molecule has 1 amide bonds. The first-order valence-electron chi connectivity index (χ1n) is 11.7. The Morgan fingerprint density at radius 3 is 2.29 bits per heavy atom. The number of ketones is 1. The molecule has 1 aliphatic carbocycles. The molecule has 0 bridgehead atoms. The van der Waals surface area contributed by atoms with E-state index in [0.717, 1.165) is 16.9 Å². The van der Waals surface area contributed by atoms with Gasteiger partial charge in [0.05, 0.1) is 17.4 Å². The molecule has 4 nitrogen and oxygen atoms in total. The Morgan fingerprint density at radius 1 is 0.912 bits per heavy atom. The molecule has 2 atom stereocenters. The van der Waals surface area contributed by atoms with Crippen molar-refractivity contribution in [2.45, 2.75) is 38.6 Å². The lowest BCUT2D eigenvalue weighted by Gasteiger charge is -2.36. The van der Waals surface area contributed by atoms with E-state index >= 15 is 0 Å². The summed E-state index contributed by atoms with van der Waals surface area (Å²) in [7, 11) is 0. The van der Waals surface area contributed by atoms with Crippen LogP contribution in [0.4, 0.5) is 15.8 Å². The number of anilines is 2. The summed E-state index contributed by atoms with van der Waals surface area (Å²) in [6, 6.07) is 23.2. The van der Waals surface area contributed by atoms with Gasteiger partial charge in [-0.15, -0.1) is 0 Å². The van der Waals surface area contributed by atoms with Gasteiger partial charge in [0.2, 0.25) is 5.91 Å². The molecule has 3 aromatic carbocycles. The van der Waals surface area contributed by atoms with Crippen LogP contribution in [-0.2, 0) is 9.59 Å². The van der Waals surface area contributed by atoms with E-state index in [4.69, 9.17) is 0 Å². The van der Waals surface area contributed by atoms with Crippen molar-refractivity contribution in [3.05, 3.63) is 107 Å². The number of fused-ring (bicyclic) bond motifs is 1. The highest BCUT2D eigenvalue weighted by Gasteiger charge is 2.41. The monoisotopic (exact) mass is 454 g/mol. The maximum absolute atomic E-state index is 13.8. The minimum Gasteiger partial charge on any atom is -0.357 e. The van der Waals surface area contributed by atoms with Gasteiger partial charge in [-0.3, -0.25) is 14.5 Å². The highest BCUT2D eigenvalue weighted by atomic mass is 19.1. The second-order valence-corrected chi connectivity index (χ2v) is 9.29. The summed E-state index contributed by atoms with van der Waals surface area (Å²) in [5.74, 6) is -0.671. The Morgan fingerprint density at radius 2 is 1.59 bits per heavy atom. The van der Waals surface area contributed by atoms with Crippen LogP contribution in [-0.4, -0.2) is 11.7 Å². The van der Waals surface area contributed by atoms with Crippen LogP contribution >= 0.6 is 0 Å². The second-order valence-electron chi connectivity index (χ2n) is 9.29. The van der Waals surface area contributed by atoms with Crippen molar-refractivity contribution in [1.82, 2.24) is 0 Å². The van der Waals surface area contributed by atoms with E-state index in [1.165, 1.54) is 12.1 Å². The molecule has 3 aromatic rings. The molecule has 34 heavy (non-hydrogen) atoms. The van der Waals surface area contributed by atoms with E-state index in [1.807, 2.05) is 56.3 Å². The Hall–Kier alpha value is -3.73. The van der Waals surface area contributed by atoms with Crippen LogP contribution in [0.15, 0.2) is 90.1 Å². The predicted molar refractivity (Wildman–Crippen MR) is 132 cm³/mol. The van der Waals surface area contributed by atoms with Gasteiger partial charge in [-0.05, 0) is 47.7 Å². The molecule has 172 valence electrons. The van der Waals surface area contributed by atoms with Gasteiger partial charge in [-0.2, -0.15) is 0 Å². The van der Waals surface area contributed by atoms with Gasteiger partial charge in [0.1, 0.15) is 5.82 Å². The lowest BCUT2D eigenvalue weighted by molar-refractivity contribution is -0.121. The maximum Gasteiger partial charge on any atom is 0.230 e. The highest BCUT2D eigenvalue weighted by molar-refractivity contribution is 6.06. The number of rotatable bonds is 3.